The third-order valence-electron chi connectivity index (χ3n) is 5.87. The van der Waals surface area contributed by atoms with Crippen LogP contribution in [0.1, 0.15) is 12.0 Å². The lowest BCUT2D eigenvalue weighted by molar-refractivity contribution is -0.136. The van der Waals surface area contributed by atoms with Crippen molar-refractivity contribution in [1.82, 2.24) is 20.1 Å². The van der Waals surface area contributed by atoms with Crippen LogP contribution >= 0.6 is 0 Å². The van der Waals surface area contributed by atoms with Gasteiger partial charge < -0.3 is 24.6 Å². The number of ether oxygens (including phenoxy) is 2. The second-order valence-corrected chi connectivity index (χ2v) is 7.87. The molecule has 0 spiro atoms. The fraction of sp³-hybridized carbons (Fsp3) is 0.364. The smallest absolute Gasteiger partial charge is 0.325 e. The van der Waals surface area contributed by atoms with Crippen molar-refractivity contribution >= 4 is 23.7 Å². The summed E-state index contributed by atoms with van der Waals surface area (Å²) in [7, 11) is 0. The molecule has 5 rings (SSSR count). The van der Waals surface area contributed by atoms with Gasteiger partial charge in [-0.15, -0.1) is 0 Å². The molecular weight excluding hydrogens is 414 g/mol. The summed E-state index contributed by atoms with van der Waals surface area (Å²) in [6.07, 6.45) is 1.70. The molecule has 2 saturated heterocycles. The van der Waals surface area contributed by atoms with Crippen molar-refractivity contribution in [3.05, 3.63) is 48.2 Å². The summed E-state index contributed by atoms with van der Waals surface area (Å²) in [4.78, 5) is 47.3. The van der Waals surface area contributed by atoms with E-state index in [1.807, 2.05) is 18.2 Å². The molecule has 3 aliphatic rings. The fourth-order valence-corrected chi connectivity index (χ4v) is 4.12. The average Bonchev–Trinajstić information content (AvgIpc) is 3.39. The van der Waals surface area contributed by atoms with Crippen LogP contribution in [0.25, 0.3) is 0 Å². The summed E-state index contributed by atoms with van der Waals surface area (Å²) in [5.41, 5.74) is 0.746. The number of rotatable bonds is 5. The molecule has 166 valence electrons. The second-order valence-electron chi connectivity index (χ2n) is 7.87. The largest absolute Gasteiger partial charge is 0.454 e. The number of piperazine rings is 1. The molecule has 0 bridgehead atoms. The number of aromatic nitrogens is 1. The molecular formula is C22H23N5O5. The summed E-state index contributed by atoms with van der Waals surface area (Å²) >= 11 is 0. The second kappa shape index (κ2) is 8.37. The Labute approximate surface area is 184 Å². The van der Waals surface area contributed by atoms with Gasteiger partial charge in [-0.2, -0.15) is 0 Å². The number of nitrogens with zero attached hydrogens (tertiary/aromatic N) is 4. The number of nitrogens with one attached hydrogen (secondary N) is 1. The molecule has 4 amide bonds. The van der Waals surface area contributed by atoms with E-state index in [0.29, 0.717) is 37.7 Å². The number of hydrogen-bond acceptors (Lipinski definition) is 7. The Kier molecular flexibility index (Phi) is 5.26. The predicted molar refractivity (Wildman–Crippen MR) is 113 cm³/mol. The molecule has 10 nitrogen and oxygen atoms in total. The number of amides is 4. The zero-order valence-electron chi connectivity index (χ0n) is 17.4. The van der Waals surface area contributed by atoms with Gasteiger partial charge in [-0.1, -0.05) is 12.1 Å². The number of imide groups is 1. The maximum absolute atomic E-state index is 12.8. The minimum Gasteiger partial charge on any atom is -0.454 e. The van der Waals surface area contributed by atoms with Crippen molar-refractivity contribution in [3.63, 3.8) is 0 Å². The topological polar surface area (TPSA) is 104 Å². The molecule has 2 fully saturated rings. The highest BCUT2D eigenvalue weighted by Gasteiger charge is 2.40. The Balaban J connectivity index is 1.16. The van der Waals surface area contributed by atoms with Crippen molar-refractivity contribution in [2.45, 2.75) is 19.0 Å². The van der Waals surface area contributed by atoms with Crippen LogP contribution in [0.2, 0.25) is 0 Å². The van der Waals surface area contributed by atoms with Crippen LogP contribution in [-0.4, -0.2) is 71.6 Å². The van der Waals surface area contributed by atoms with Gasteiger partial charge >= 0.3 is 6.03 Å². The summed E-state index contributed by atoms with van der Waals surface area (Å²) in [5, 5.41) is 2.64. The van der Waals surface area contributed by atoms with Gasteiger partial charge in [0, 0.05) is 32.4 Å². The van der Waals surface area contributed by atoms with Gasteiger partial charge in [0.2, 0.25) is 12.7 Å². The van der Waals surface area contributed by atoms with Gasteiger partial charge in [0.05, 0.1) is 13.0 Å². The molecule has 1 atom stereocenters. The molecule has 3 aliphatic heterocycles. The van der Waals surface area contributed by atoms with Crippen molar-refractivity contribution in [2.24, 2.45) is 0 Å². The van der Waals surface area contributed by atoms with E-state index in [1.54, 1.807) is 29.3 Å². The zero-order chi connectivity index (χ0) is 22.1. The lowest BCUT2D eigenvalue weighted by Crippen LogP contribution is -2.50. The van der Waals surface area contributed by atoms with Crippen molar-refractivity contribution in [3.8, 4) is 11.5 Å². The first kappa shape index (κ1) is 20.1. The highest BCUT2D eigenvalue weighted by atomic mass is 16.7. The van der Waals surface area contributed by atoms with Gasteiger partial charge in [0.1, 0.15) is 11.9 Å². The molecule has 2 aromatic rings. The van der Waals surface area contributed by atoms with Gasteiger partial charge in [-0.3, -0.25) is 14.5 Å². The fourth-order valence-electron chi connectivity index (χ4n) is 4.12. The van der Waals surface area contributed by atoms with E-state index in [2.05, 4.69) is 15.2 Å². The predicted octanol–water partition coefficient (Wildman–Crippen LogP) is 0.970. The van der Waals surface area contributed by atoms with E-state index in [9.17, 15) is 14.4 Å². The Morgan fingerprint density at radius 1 is 1.06 bits per heavy atom. The van der Waals surface area contributed by atoms with E-state index < -0.39 is 18.0 Å². The summed E-state index contributed by atoms with van der Waals surface area (Å²) in [6, 6.07) is 9.69. The van der Waals surface area contributed by atoms with Crippen molar-refractivity contribution < 1.29 is 23.9 Å². The molecule has 4 heterocycles. The Morgan fingerprint density at radius 2 is 1.88 bits per heavy atom. The summed E-state index contributed by atoms with van der Waals surface area (Å²) < 4.78 is 10.6. The van der Waals surface area contributed by atoms with Crippen LogP contribution in [0.5, 0.6) is 11.5 Å². The lowest BCUT2D eigenvalue weighted by atomic mass is 10.1. The van der Waals surface area contributed by atoms with Crippen LogP contribution in [0.15, 0.2) is 42.6 Å². The Hall–Kier alpha value is -3.82. The SMILES string of the molecule is O=C(CC1NC(=O)N(Cc2ccc3c(c2)OCO3)C1=O)N1CCN(c2ccccn2)CC1. The third kappa shape index (κ3) is 3.91. The molecule has 32 heavy (non-hydrogen) atoms. The van der Waals surface area contributed by atoms with Gasteiger partial charge in [-0.05, 0) is 29.8 Å². The minimum atomic E-state index is -0.849. The lowest BCUT2D eigenvalue weighted by Gasteiger charge is -2.35. The first-order valence-corrected chi connectivity index (χ1v) is 10.5. The number of carbonyl (C=O) groups is 3. The van der Waals surface area contributed by atoms with Gasteiger partial charge in [0.25, 0.3) is 5.91 Å². The molecule has 0 radical (unpaired) electrons. The summed E-state index contributed by atoms with van der Waals surface area (Å²) in [5.74, 6) is 1.57. The summed E-state index contributed by atoms with van der Waals surface area (Å²) in [6.45, 7) is 2.70. The molecule has 0 saturated carbocycles. The number of hydrogen-bond donors (Lipinski definition) is 1. The first-order chi connectivity index (χ1) is 15.6. The van der Waals surface area contributed by atoms with Gasteiger partial charge in [0.15, 0.2) is 11.5 Å². The number of urea groups is 1. The van der Waals surface area contributed by atoms with Crippen LogP contribution < -0.4 is 19.7 Å². The zero-order valence-corrected chi connectivity index (χ0v) is 17.4. The molecule has 0 aliphatic carbocycles. The van der Waals surface area contributed by atoms with Crippen LogP contribution in [0.3, 0.4) is 0 Å². The minimum absolute atomic E-state index is 0.0498. The third-order valence-corrected chi connectivity index (χ3v) is 5.87. The van der Waals surface area contributed by atoms with Crippen molar-refractivity contribution in [1.29, 1.82) is 0 Å². The Morgan fingerprint density at radius 3 is 2.66 bits per heavy atom. The van der Waals surface area contributed by atoms with Crippen LogP contribution in [0, 0.1) is 0 Å². The number of anilines is 1. The molecule has 1 aromatic heterocycles. The first-order valence-electron chi connectivity index (χ1n) is 10.5. The molecule has 1 unspecified atom stereocenters. The number of carbonyl (C=O) groups excluding carboxylic acids is 3. The van der Waals surface area contributed by atoms with Gasteiger partial charge in [-0.25, -0.2) is 9.78 Å². The maximum Gasteiger partial charge on any atom is 0.325 e. The van der Waals surface area contributed by atoms with E-state index in [1.165, 1.54) is 0 Å². The number of pyridine rings is 1. The molecule has 10 heteroatoms. The standard InChI is InChI=1S/C22H23N5O5/c28-20(26-9-7-25(8-10-26)19-3-1-2-6-23-19)12-16-21(29)27(22(30)24-16)13-15-4-5-17-18(11-15)32-14-31-17/h1-6,11,16H,7-10,12-14H2,(H,24,30). The quantitative estimate of drug-likeness (QED) is 0.695. The highest BCUT2D eigenvalue weighted by molar-refractivity contribution is 6.05. The Bertz CT molecular complexity index is 1040. The number of benzene rings is 1. The normalized spacial score (nSPS) is 20.0. The highest BCUT2D eigenvalue weighted by Crippen LogP contribution is 2.33. The van der Waals surface area contributed by atoms with Crippen LogP contribution in [0.4, 0.5) is 10.6 Å². The average molecular weight is 437 g/mol. The van der Waals surface area contributed by atoms with E-state index in [4.69, 9.17) is 9.47 Å². The monoisotopic (exact) mass is 437 g/mol. The number of fused-ring (bicyclic) bond motifs is 1. The van der Waals surface area contributed by atoms with Crippen molar-refractivity contribution in [2.75, 3.05) is 37.9 Å². The van der Waals surface area contributed by atoms with E-state index in [0.717, 1.165) is 16.3 Å². The van der Waals surface area contributed by atoms with E-state index >= 15 is 0 Å². The van der Waals surface area contributed by atoms with E-state index in [-0.39, 0.29) is 25.7 Å². The molecule has 1 N–H and O–H groups in total. The maximum atomic E-state index is 12.8. The van der Waals surface area contributed by atoms with Crippen LogP contribution in [-0.2, 0) is 16.1 Å². The molecule has 1 aromatic carbocycles.